The molecule has 5 amide bonds. The van der Waals surface area contributed by atoms with Gasteiger partial charge in [0.25, 0.3) is 0 Å². The molecule has 170 valence electrons. The molecule has 4 atom stereocenters. The summed E-state index contributed by atoms with van der Waals surface area (Å²) in [4.78, 5) is 49.0. The van der Waals surface area contributed by atoms with Crippen LogP contribution in [0.25, 0.3) is 0 Å². The van der Waals surface area contributed by atoms with Gasteiger partial charge in [0.15, 0.2) is 6.04 Å². The largest absolute Gasteiger partial charge is 0.616 e. The van der Waals surface area contributed by atoms with Gasteiger partial charge in [0.05, 0.1) is 12.4 Å². The quantitative estimate of drug-likeness (QED) is 0.256. The zero-order valence-corrected chi connectivity index (χ0v) is 19.4. The zero-order valence-electron chi connectivity index (χ0n) is 17.0. The first-order chi connectivity index (χ1) is 14.1. The summed E-state index contributed by atoms with van der Waals surface area (Å²) >= 11 is -1.46. The lowest BCUT2D eigenvalue weighted by molar-refractivity contribution is -0.130. The molecular formula is C17H28ClN5O5S2. The Bertz CT molecular complexity index is 652. The van der Waals surface area contributed by atoms with Gasteiger partial charge in [-0.05, 0) is 45.7 Å². The van der Waals surface area contributed by atoms with Gasteiger partial charge in [0.2, 0.25) is 17.7 Å². The Morgan fingerprint density at radius 1 is 1.40 bits per heavy atom. The number of rotatable bonds is 6. The van der Waals surface area contributed by atoms with E-state index in [2.05, 4.69) is 26.6 Å². The number of carbonyl (C=O) groups excluding carboxylic acids is 4. The van der Waals surface area contributed by atoms with Gasteiger partial charge < -0.3 is 31.1 Å². The lowest BCUT2D eigenvalue weighted by Gasteiger charge is -2.26. The Hall–Kier alpha value is -1.63. The van der Waals surface area contributed by atoms with E-state index in [0.717, 1.165) is 11.0 Å². The molecule has 0 aliphatic carbocycles. The summed E-state index contributed by atoms with van der Waals surface area (Å²) in [5.74, 6) is -1.53. The van der Waals surface area contributed by atoms with Crippen LogP contribution in [0, 0.1) is 5.92 Å². The van der Waals surface area contributed by atoms with Crippen molar-refractivity contribution in [3.05, 3.63) is 12.2 Å². The van der Waals surface area contributed by atoms with Crippen molar-refractivity contribution >= 4 is 56.6 Å². The van der Waals surface area contributed by atoms with Gasteiger partial charge in [-0.2, -0.15) is 0 Å². The van der Waals surface area contributed by atoms with Gasteiger partial charge in [-0.15, -0.1) is 0 Å². The predicted octanol–water partition coefficient (Wildman–Crippen LogP) is -0.421. The fourth-order valence-corrected chi connectivity index (χ4v) is 3.94. The minimum absolute atomic E-state index is 0.121. The van der Waals surface area contributed by atoms with Crippen molar-refractivity contribution in [2.75, 3.05) is 23.9 Å². The van der Waals surface area contributed by atoms with Crippen LogP contribution >= 0.6 is 21.7 Å². The third kappa shape index (κ3) is 9.92. The molecule has 13 heteroatoms. The predicted molar refractivity (Wildman–Crippen MR) is 118 cm³/mol. The Morgan fingerprint density at radius 2 is 2.10 bits per heavy atom. The van der Waals surface area contributed by atoms with Gasteiger partial charge >= 0.3 is 6.03 Å². The number of nitrogens with one attached hydrogen (secondary N) is 5. The number of urea groups is 1. The number of amides is 5. The smallest absolute Gasteiger partial charge is 0.316 e. The average Bonchev–Trinajstić information content (AvgIpc) is 2.67. The van der Waals surface area contributed by atoms with Gasteiger partial charge in [0, 0.05) is 12.1 Å². The number of carbonyl (C=O) groups is 4. The minimum Gasteiger partial charge on any atom is -0.616 e. The average molecular weight is 482 g/mol. The van der Waals surface area contributed by atoms with Crippen molar-refractivity contribution in [1.82, 2.24) is 26.6 Å². The van der Waals surface area contributed by atoms with Crippen molar-refractivity contribution < 1.29 is 23.7 Å². The maximum absolute atomic E-state index is 12.8. The number of hydrogen-bond donors (Lipinski definition) is 5. The minimum atomic E-state index is -1.46. The van der Waals surface area contributed by atoms with Crippen molar-refractivity contribution in [2.45, 2.75) is 38.9 Å². The lowest BCUT2D eigenvalue weighted by atomic mass is 10.0. The Labute approximate surface area is 187 Å². The van der Waals surface area contributed by atoms with E-state index in [4.69, 9.17) is 10.7 Å². The van der Waals surface area contributed by atoms with Crippen LogP contribution in [0.3, 0.4) is 0 Å². The van der Waals surface area contributed by atoms with E-state index >= 15 is 0 Å². The maximum atomic E-state index is 12.8. The molecule has 10 nitrogen and oxygen atoms in total. The molecule has 0 radical (unpaired) electrons. The maximum Gasteiger partial charge on any atom is 0.316 e. The van der Waals surface area contributed by atoms with E-state index in [0.29, 0.717) is 0 Å². The molecule has 0 aromatic rings. The Balaban J connectivity index is 2.90. The monoisotopic (exact) mass is 481 g/mol. The Morgan fingerprint density at radius 3 is 2.73 bits per heavy atom. The van der Waals surface area contributed by atoms with Crippen molar-refractivity contribution in [2.24, 2.45) is 5.92 Å². The number of halogens is 1. The molecule has 2 unspecified atom stereocenters. The van der Waals surface area contributed by atoms with Gasteiger partial charge in [-0.1, -0.05) is 19.9 Å². The summed E-state index contributed by atoms with van der Waals surface area (Å²) in [6.07, 6.45) is 2.81. The zero-order chi connectivity index (χ0) is 22.7. The fraction of sp³-hybridized carbons (Fsp3) is 0.647. The van der Waals surface area contributed by atoms with Crippen molar-refractivity contribution in [3.8, 4) is 0 Å². The molecule has 0 aromatic heterocycles. The summed E-state index contributed by atoms with van der Waals surface area (Å²) in [5, 5.41) is 12.9. The second-order valence-corrected chi connectivity index (χ2v) is 9.73. The highest BCUT2D eigenvalue weighted by atomic mass is 35.7. The summed E-state index contributed by atoms with van der Waals surface area (Å²) in [7, 11) is 6.35. The van der Waals surface area contributed by atoms with Crippen molar-refractivity contribution in [1.29, 1.82) is 0 Å². The molecule has 0 saturated carbocycles. The van der Waals surface area contributed by atoms with Crippen LogP contribution < -0.4 is 26.6 Å². The second-order valence-electron chi connectivity index (χ2n) is 6.94. The molecule has 0 bridgehead atoms. The molecule has 1 aliphatic rings. The van der Waals surface area contributed by atoms with E-state index in [1.165, 1.54) is 12.2 Å². The standard InChI is InChI=1S/C17H28ClN5O5S2/c1-10(2)14(23-17(27)20-9-29-18)16(26)22-12-8-30(28)7-6-19-13(24)5-4-11(3)21-15(12)25/h4-5,10-12,14H,6-9H2,1-3H3,(H,19,24)(H,21,25)(H,22,26)(H2,20,23,27)/b5-4+/t11-,12-,14?,30?/m0/s1. The van der Waals surface area contributed by atoms with Crippen LogP contribution in [-0.2, 0) is 25.6 Å². The second kappa shape index (κ2) is 13.6. The van der Waals surface area contributed by atoms with Crippen molar-refractivity contribution in [3.63, 3.8) is 0 Å². The lowest BCUT2D eigenvalue weighted by Crippen LogP contribution is -2.59. The highest BCUT2D eigenvalue weighted by Crippen LogP contribution is 2.06. The van der Waals surface area contributed by atoms with Crippen LogP contribution in [0.4, 0.5) is 4.79 Å². The summed E-state index contributed by atoms with van der Waals surface area (Å²) in [6, 6.07) is -3.02. The first-order valence-corrected chi connectivity index (χ1v) is 12.6. The van der Waals surface area contributed by atoms with E-state index in [-0.39, 0.29) is 35.8 Å². The molecule has 0 fully saturated rings. The van der Waals surface area contributed by atoms with E-state index in [1.54, 1.807) is 20.8 Å². The molecule has 1 aliphatic heterocycles. The van der Waals surface area contributed by atoms with E-state index in [9.17, 15) is 23.7 Å². The molecule has 30 heavy (non-hydrogen) atoms. The summed E-state index contributed by atoms with van der Waals surface area (Å²) in [5.41, 5.74) is 0. The van der Waals surface area contributed by atoms with Crippen LogP contribution in [0.2, 0.25) is 0 Å². The molecule has 0 spiro atoms. The molecule has 0 saturated heterocycles. The number of hydrogen-bond acceptors (Lipinski definition) is 6. The van der Waals surface area contributed by atoms with Gasteiger partial charge in [-0.3, -0.25) is 14.4 Å². The van der Waals surface area contributed by atoms with Crippen LogP contribution in [0.15, 0.2) is 12.2 Å². The molecular weight excluding hydrogens is 454 g/mol. The molecule has 1 heterocycles. The molecule has 5 N–H and O–H groups in total. The van der Waals surface area contributed by atoms with Gasteiger partial charge in [0.1, 0.15) is 17.5 Å². The Kier molecular flexibility index (Phi) is 12.0. The van der Waals surface area contributed by atoms with E-state index in [1.807, 2.05) is 0 Å². The molecule has 0 aromatic carbocycles. The first kappa shape index (κ1) is 26.4. The van der Waals surface area contributed by atoms with Crippen LogP contribution in [-0.4, -0.2) is 70.4 Å². The normalized spacial score (nSPS) is 25.1. The third-order valence-corrected chi connectivity index (χ3v) is 5.99. The van der Waals surface area contributed by atoms with Crippen LogP contribution in [0.5, 0.6) is 0 Å². The van der Waals surface area contributed by atoms with Crippen LogP contribution in [0.1, 0.15) is 20.8 Å². The van der Waals surface area contributed by atoms with E-state index < -0.39 is 47.1 Å². The summed E-state index contributed by atoms with van der Waals surface area (Å²) < 4.78 is 12.3. The molecule has 1 rings (SSSR count). The topological polar surface area (TPSA) is 151 Å². The first-order valence-electron chi connectivity index (χ1n) is 9.33. The van der Waals surface area contributed by atoms with Gasteiger partial charge in [-0.25, -0.2) is 4.79 Å². The highest BCUT2D eigenvalue weighted by Gasteiger charge is 2.32. The SMILES string of the molecule is CC(C)C(NC(=O)NCSCl)C(=O)N[C@H]1C[S+]([O-])CCNC(=O)/C=C/[C@H](C)NC1=O. The summed E-state index contributed by atoms with van der Waals surface area (Å²) in [6.45, 7) is 5.34. The fourth-order valence-electron chi connectivity index (χ4n) is 2.49. The highest BCUT2D eigenvalue weighted by molar-refractivity contribution is 8.21. The third-order valence-electron chi connectivity index (χ3n) is 4.04.